The van der Waals surface area contributed by atoms with E-state index >= 15 is 0 Å². The Morgan fingerprint density at radius 2 is 1.70 bits per heavy atom. The van der Waals surface area contributed by atoms with Crippen molar-refractivity contribution in [2.24, 2.45) is 46.3 Å². The van der Waals surface area contributed by atoms with E-state index in [0.717, 1.165) is 55.9 Å². The maximum Gasteiger partial charge on any atom is 0.311 e. The monoisotopic (exact) mass is 458 g/mol. The smallest absolute Gasteiger partial charge is 0.311 e. The highest BCUT2D eigenvalue weighted by Gasteiger charge is 2.61. The Kier molecular flexibility index (Phi) is 6.46. The number of quaternary nitrogens is 1. The molecule has 1 aliphatic heterocycles. The molecule has 1 heterocycles. The van der Waals surface area contributed by atoms with Gasteiger partial charge in [0.2, 0.25) is 0 Å². The second-order valence-corrected chi connectivity index (χ2v) is 13.6. The van der Waals surface area contributed by atoms with E-state index in [9.17, 15) is 9.59 Å². The van der Waals surface area contributed by atoms with Crippen LogP contribution in [0.4, 0.5) is 0 Å². The maximum atomic E-state index is 12.9. The summed E-state index contributed by atoms with van der Waals surface area (Å²) in [5, 5.41) is 0. The summed E-state index contributed by atoms with van der Waals surface area (Å²) in [5.74, 6) is 4.92. The fourth-order valence-electron chi connectivity index (χ4n) is 9.81. The number of Topliss-reactive ketones (excluding diaryl/α,β-unsaturated/α-hetero) is 1. The zero-order valence-corrected chi connectivity index (χ0v) is 21.7. The molecule has 0 aromatic carbocycles. The molecule has 1 N–H and O–H groups in total. The van der Waals surface area contributed by atoms with Crippen LogP contribution < -0.4 is 4.90 Å². The molecule has 0 amide bonds. The molecule has 4 saturated carbocycles. The van der Waals surface area contributed by atoms with Crippen LogP contribution in [0.25, 0.3) is 0 Å². The van der Waals surface area contributed by atoms with Crippen molar-refractivity contribution in [3.8, 4) is 0 Å². The van der Waals surface area contributed by atoms with Gasteiger partial charge < -0.3 is 9.64 Å². The molecule has 33 heavy (non-hydrogen) atoms. The van der Waals surface area contributed by atoms with E-state index in [0.29, 0.717) is 29.5 Å². The molecule has 0 radical (unpaired) electrons. The molecule has 4 nitrogen and oxygen atoms in total. The average molecular weight is 459 g/mol. The number of piperidine rings is 1. The first-order valence-corrected chi connectivity index (χ1v) is 14.2. The van der Waals surface area contributed by atoms with Gasteiger partial charge in [0.1, 0.15) is 11.9 Å². The Labute approximate surface area is 201 Å². The van der Waals surface area contributed by atoms with E-state index < -0.39 is 0 Å². The van der Waals surface area contributed by atoms with Gasteiger partial charge in [-0.1, -0.05) is 27.7 Å². The van der Waals surface area contributed by atoms with Crippen molar-refractivity contribution < 1.29 is 19.2 Å². The van der Waals surface area contributed by atoms with Crippen molar-refractivity contribution in [3.05, 3.63) is 0 Å². The summed E-state index contributed by atoms with van der Waals surface area (Å²) in [7, 11) is 0. The minimum Gasteiger partial charge on any atom is -0.462 e. The third-order valence-electron chi connectivity index (χ3n) is 11.4. The fourth-order valence-corrected chi connectivity index (χ4v) is 9.81. The number of hydrogen-bond acceptors (Lipinski definition) is 3. The molecule has 0 bridgehead atoms. The van der Waals surface area contributed by atoms with E-state index in [4.69, 9.17) is 4.74 Å². The van der Waals surface area contributed by atoms with Gasteiger partial charge in [-0.25, -0.2) is 0 Å². The molecule has 9 atom stereocenters. The highest BCUT2D eigenvalue weighted by Crippen LogP contribution is 2.66. The Bertz CT molecular complexity index is 756. The molecule has 9 unspecified atom stereocenters. The first-order chi connectivity index (χ1) is 15.7. The minimum atomic E-state index is 0.0452. The Morgan fingerprint density at radius 1 is 0.970 bits per heavy atom. The van der Waals surface area contributed by atoms with Crippen LogP contribution in [0.5, 0.6) is 0 Å². The maximum absolute atomic E-state index is 12.9. The van der Waals surface area contributed by atoms with E-state index in [1.54, 1.807) is 4.90 Å². The van der Waals surface area contributed by atoms with Gasteiger partial charge in [-0.05, 0) is 80.5 Å². The zero-order chi connectivity index (χ0) is 23.4. The van der Waals surface area contributed by atoms with Gasteiger partial charge in [-0.15, -0.1) is 0 Å². The predicted molar refractivity (Wildman–Crippen MR) is 130 cm³/mol. The van der Waals surface area contributed by atoms with Gasteiger partial charge in [0.25, 0.3) is 0 Å². The van der Waals surface area contributed by atoms with Gasteiger partial charge in [0.15, 0.2) is 0 Å². The summed E-state index contributed by atoms with van der Waals surface area (Å²) in [6.45, 7) is 13.0. The molecule has 0 spiro atoms. The third-order valence-corrected chi connectivity index (χ3v) is 11.4. The molecular formula is C29H48NO3+. The topological polar surface area (TPSA) is 47.8 Å². The van der Waals surface area contributed by atoms with E-state index in [1.807, 2.05) is 0 Å². The first-order valence-electron chi connectivity index (χ1n) is 14.2. The highest BCUT2D eigenvalue weighted by atomic mass is 16.5. The average Bonchev–Trinajstić information content (AvgIpc) is 3.08. The SMILES string of the molecule is CC1CC(C)C[NH+](CCC(=O)OC2CCC3C4CCC5CC(=O)CCC5(C)C4CCC23C)C1. The van der Waals surface area contributed by atoms with Crippen molar-refractivity contribution in [2.45, 2.75) is 104 Å². The Hall–Kier alpha value is -0.900. The van der Waals surface area contributed by atoms with Gasteiger partial charge in [0, 0.05) is 30.1 Å². The van der Waals surface area contributed by atoms with Crippen LogP contribution in [0.15, 0.2) is 0 Å². The molecule has 4 heteroatoms. The van der Waals surface area contributed by atoms with Crippen LogP contribution in [0.3, 0.4) is 0 Å². The molecule has 0 aromatic heterocycles. The van der Waals surface area contributed by atoms with Gasteiger partial charge >= 0.3 is 5.97 Å². The first kappa shape index (κ1) is 23.8. The van der Waals surface area contributed by atoms with Crippen molar-refractivity contribution in [3.63, 3.8) is 0 Å². The van der Waals surface area contributed by atoms with Crippen LogP contribution in [0, 0.1) is 46.3 Å². The lowest BCUT2D eigenvalue weighted by molar-refractivity contribution is -0.911. The van der Waals surface area contributed by atoms with Crippen LogP contribution in [-0.2, 0) is 14.3 Å². The van der Waals surface area contributed by atoms with Crippen LogP contribution in [0.1, 0.15) is 98.3 Å². The van der Waals surface area contributed by atoms with Crippen molar-refractivity contribution in [1.29, 1.82) is 0 Å². The number of nitrogens with one attached hydrogen (secondary N) is 1. The number of esters is 1. The lowest BCUT2D eigenvalue weighted by atomic mass is 9.45. The fraction of sp³-hybridized carbons (Fsp3) is 0.931. The summed E-state index contributed by atoms with van der Waals surface area (Å²) in [6.07, 6.45) is 12.0. The normalized spacial score (nSPS) is 49.6. The van der Waals surface area contributed by atoms with Crippen molar-refractivity contribution >= 4 is 11.8 Å². The van der Waals surface area contributed by atoms with Gasteiger partial charge in [-0.3, -0.25) is 9.59 Å². The molecule has 5 fully saturated rings. The summed E-state index contributed by atoms with van der Waals surface area (Å²) < 4.78 is 6.26. The summed E-state index contributed by atoms with van der Waals surface area (Å²) in [4.78, 5) is 26.6. The Balaban J connectivity index is 1.19. The van der Waals surface area contributed by atoms with Crippen molar-refractivity contribution in [2.75, 3.05) is 19.6 Å². The summed E-state index contributed by atoms with van der Waals surface area (Å²) in [5.41, 5.74) is 0.518. The third kappa shape index (κ3) is 4.32. The van der Waals surface area contributed by atoms with Gasteiger partial charge in [-0.2, -0.15) is 0 Å². The number of carbonyl (C=O) groups is 2. The zero-order valence-electron chi connectivity index (χ0n) is 21.7. The number of hydrogen-bond donors (Lipinski definition) is 1. The molecule has 0 aromatic rings. The number of ether oxygens (including phenoxy) is 1. The molecule has 1 saturated heterocycles. The predicted octanol–water partition coefficient (Wildman–Crippen LogP) is 4.46. The molecule has 5 rings (SSSR count). The lowest BCUT2D eigenvalue weighted by Gasteiger charge is -2.60. The molecular weight excluding hydrogens is 410 g/mol. The second kappa shape index (κ2) is 8.95. The van der Waals surface area contributed by atoms with Gasteiger partial charge in [0.05, 0.1) is 26.1 Å². The van der Waals surface area contributed by atoms with Crippen LogP contribution >= 0.6 is 0 Å². The molecule has 186 valence electrons. The molecule has 4 aliphatic carbocycles. The van der Waals surface area contributed by atoms with Crippen LogP contribution in [-0.4, -0.2) is 37.5 Å². The quantitative estimate of drug-likeness (QED) is 0.633. The molecule has 5 aliphatic rings. The standard InChI is InChI=1S/C29H47NO3/c1-19-15-20(2)18-30(17-19)14-11-27(32)33-26-8-7-24-23-6-5-21-16-22(31)9-12-28(21,3)25(23)10-13-29(24,26)4/h19-21,23-26H,5-18H2,1-4H3/p+1. The van der Waals surface area contributed by atoms with Crippen molar-refractivity contribution in [1.82, 2.24) is 0 Å². The highest BCUT2D eigenvalue weighted by molar-refractivity contribution is 5.79. The number of ketones is 1. The van der Waals surface area contributed by atoms with E-state index in [2.05, 4.69) is 27.7 Å². The summed E-state index contributed by atoms with van der Waals surface area (Å²) in [6, 6.07) is 0. The number of fused-ring (bicyclic) bond motifs is 5. The van der Waals surface area contributed by atoms with E-state index in [1.165, 1.54) is 51.6 Å². The second-order valence-electron chi connectivity index (χ2n) is 13.6. The lowest BCUT2D eigenvalue weighted by Crippen LogP contribution is -3.14. The minimum absolute atomic E-state index is 0.0452. The summed E-state index contributed by atoms with van der Waals surface area (Å²) >= 11 is 0. The number of rotatable bonds is 4. The van der Waals surface area contributed by atoms with E-state index in [-0.39, 0.29) is 17.5 Å². The largest absolute Gasteiger partial charge is 0.462 e. The number of carbonyl (C=O) groups excluding carboxylic acids is 2. The number of likely N-dealkylation sites (tertiary alicyclic amines) is 1. The Morgan fingerprint density at radius 3 is 2.45 bits per heavy atom. The van der Waals surface area contributed by atoms with Crippen LogP contribution in [0.2, 0.25) is 0 Å².